The first-order valence-corrected chi connectivity index (χ1v) is 4.78. The number of hydrogen-bond acceptors (Lipinski definition) is 2. The minimum atomic E-state index is -4.30. The van der Waals surface area contributed by atoms with E-state index >= 15 is 0 Å². The van der Waals surface area contributed by atoms with Crippen molar-refractivity contribution in [3.63, 3.8) is 0 Å². The number of anilines is 1. The standard InChI is InChI=1S/C10H11F3N2/c1-7-8(10(11,12)13)3-4-9(14-7)15-5-2-6-15/h3-4H,2,5-6H2,1H3. The van der Waals surface area contributed by atoms with E-state index in [-0.39, 0.29) is 5.69 Å². The molecule has 0 radical (unpaired) electrons. The summed E-state index contributed by atoms with van der Waals surface area (Å²) in [5.41, 5.74) is -0.598. The van der Waals surface area contributed by atoms with E-state index in [1.54, 1.807) is 0 Å². The SMILES string of the molecule is Cc1nc(N2CCC2)ccc1C(F)(F)F. The van der Waals surface area contributed by atoms with E-state index in [0.29, 0.717) is 5.82 Å². The van der Waals surface area contributed by atoms with Crippen molar-refractivity contribution in [2.24, 2.45) is 0 Å². The van der Waals surface area contributed by atoms with E-state index in [1.807, 2.05) is 4.90 Å². The van der Waals surface area contributed by atoms with Gasteiger partial charge in [-0.2, -0.15) is 13.2 Å². The fourth-order valence-corrected chi connectivity index (χ4v) is 1.57. The predicted molar refractivity (Wildman–Crippen MR) is 50.8 cm³/mol. The zero-order chi connectivity index (χ0) is 11.1. The highest BCUT2D eigenvalue weighted by molar-refractivity contribution is 5.44. The van der Waals surface area contributed by atoms with E-state index in [1.165, 1.54) is 13.0 Å². The van der Waals surface area contributed by atoms with Crippen molar-refractivity contribution in [1.82, 2.24) is 4.98 Å². The summed E-state index contributed by atoms with van der Waals surface area (Å²) < 4.78 is 37.3. The maximum atomic E-state index is 12.4. The molecule has 1 saturated heterocycles. The Morgan fingerprint density at radius 3 is 2.33 bits per heavy atom. The Bertz CT molecular complexity index is 369. The Labute approximate surface area is 85.7 Å². The van der Waals surface area contributed by atoms with Gasteiger partial charge < -0.3 is 4.90 Å². The molecule has 0 bridgehead atoms. The first-order chi connectivity index (χ1) is 6.98. The van der Waals surface area contributed by atoms with Crippen LogP contribution >= 0.6 is 0 Å². The lowest BCUT2D eigenvalue weighted by atomic mass is 10.1. The summed E-state index contributed by atoms with van der Waals surface area (Å²) in [5, 5.41) is 0. The van der Waals surface area contributed by atoms with Gasteiger partial charge in [0.05, 0.1) is 11.3 Å². The minimum absolute atomic E-state index is 0.0481. The van der Waals surface area contributed by atoms with Crippen LogP contribution < -0.4 is 4.90 Å². The third-order valence-electron chi connectivity index (χ3n) is 2.56. The van der Waals surface area contributed by atoms with Crippen molar-refractivity contribution >= 4 is 5.82 Å². The van der Waals surface area contributed by atoms with Crippen molar-refractivity contribution in [3.8, 4) is 0 Å². The van der Waals surface area contributed by atoms with Gasteiger partial charge in [-0.05, 0) is 25.5 Å². The predicted octanol–water partition coefficient (Wildman–Crippen LogP) is 2.62. The largest absolute Gasteiger partial charge is 0.418 e. The topological polar surface area (TPSA) is 16.1 Å². The quantitative estimate of drug-likeness (QED) is 0.717. The number of alkyl halides is 3. The van der Waals surface area contributed by atoms with Crippen LogP contribution in [0.25, 0.3) is 0 Å². The van der Waals surface area contributed by atoms with Gasteiger partial charge in [0.25, 0.3) is 0 Å². The zero-order valence-electron chi connectivity index (χ0n) is 8.30. The number of halogens is 3. The number of aryl methyl sites for hydroxylation is 1. The molecule has 1 aliphatic rings. The van der Waals surface area contributed by atoms with Gasteiger partial charge in [0, 0.05) is 13.1 Å². The van der Waals surface area contributed by atoms with Gasteiger partial charge in [-0.25, -0.2) is 4.98 Å². The third-order valence-corrected chi connectivity index (χ3v) is 2.56. The lowest BCUT2D eigenvalue weighted by molar-refractivity contribution is -0.138. The molecule has 0 aliphatic carbocycles. The van der Waals surface area contributed by atoms with Crippen LogP contribution in [0.3, 0.4) is 0 Å². The molecule has 0 aromatic carbocycles. The summed E-state index contributed by atoms with van der Waals surface area (Å²) in [6, 6.07) is 2.55. The number of rotatable bonds is 1. The second kappa shape index (κ2) is 3.40. The van der Waals surface area contributed by atoms with Crippen LogP contribution in [-0.4, -0.2) is 18.1 Å². The fourth-order valence-electron chi connectivity index (χ4n) is 1.57. The molecule has 5 heteroatoms. The van der Waals surface area contributed by atoms with E-state index in [2.05, 4.69) is 4.98 Å². The average Bonchev–Trinajstić information content (AvgIpc) is 1.97. The van der Waals surface area contributed by atoms with Crippen molar-refractivity contribution < 1.29 is 13.2 Å². The van der Waals surface area contributed by atoms with Gasteiger partial charge in [0.2, 0.25) is 0 Å². The molecule has 0 amide bonds. The molecule has 2 nitrogen and oxygen atoms in total. The van der Waals surface area contributed by atoms with Crippen LogP contribution in [0.15, 0.2) is 12.1 Å². The molecule has 1 aliphatic heterocycles. The molecular weight excluding hydrogens is 205 g/mol. The second-order valence-corrected chi connectivity index (χ2v) is 3.64. The molecule has 2 heterocycles. The molecule has 0 unspecified atom stereocenters. The highest BCUT2D eigenvalue weighted by Crippen LogP contribution is 2.32. The van der Waals surface area contributed by atoms with Crippen molar-refractivity contribution in [2.45, 2.75) is 19.5 Å². The van der Waals surface area contributed by atoms with Gasteiger partial charge in [0.1, 0.15) is 5.82 Å². The Hall–Kier alpha value is -1.26. The Balaban J connectivity index is 2.30. The molecule has 82 valence electrons. The molecule has 1 fully saturated rings. The monoisotopic (exact) mass is 216 g/mol. The highest BCUT2D eigenvalue weighted by Gasteiger charge is 2.33. The van der Waals surface area contributed by atoms with E-state index in [4.69, 9.17) is 0 Å². The first kappa shape index (κ1) is 10.3. The molecule has 0 N–H and O–H groups in total. The first-order valence-electron chi connectivity index (χ1n) is 4.78. The molecule has 0 spiro atoms. The van der Waals surface area contributed by atoms with Gasteiger partial charge in [-0.15, -0.1) is 0 Å². The van der Waals surface area contributed by atoms with Crippen LogP contribution in [0.2, 0.25) is 0 Å². The normalized spacial score (nSPS) is 16.4. The van der Waals surface area contributed by atoms with Crippen LogP contribution in [0.5, 0.6) is 0 Å². The van der Waals surface area contributed by atoms with Gasteiger partial charge in [0.15, 0.2) is 0 Å². The van der Waals surface area contributed by atoms with E-state index < -0.39 is 11.7 Å². The Morgan fingerprint density at radius 2 is 1.93 bits per heavy atom. The fraction of sp³-hybridized carbons (Fsp3) is 0.500. The van der Waals surface area contributed by atoms with E-state index in [9.17, 15) is 13.2 Å². The molecule has 15 heavy (non-hydrogen) atoms. The summed E-state index contributed by atoms with van der Waals surface area (Å²) in [7, 11) is 0. The second-order valence-electron chi connectivity index (χ2n) is 3.64. The summed E-state index contributed by atoms with van der Waals surface area (Å²) >= 11 is 0. The molecule has 0 saturated carbocycles. The van der Waals surface area contributed by atoms with Gasteiger partial charge in [-0.1, -0.05) is 0 Å². The highest BCUT2D eigenvalue weighted by atomic mass is 19.4. The number of pyridine rings is 1. The summed E-state index contributed by atoms with van der Waals surface area (Å²) in [5.74, 6) is 0.645. The molecule has 2 rings (SSSR count). The minimum Gasteiger partial charge on any atom is -0.356 e. The summed E-state index contributed by atoms with van der Waals surface area (Å²) in [4.78, 5) is 5.93. The third kappa shape index (κ3) is 1.91. The van der Waals surface area contributed by atoms with Crippen LogP contribution in [0.1, 0.15) is 17.7 Å². The zero-order valence-corrected chi connectivity index (χ0v) is 8.30. The maximum absolute atomic E-state index is 12.4. The summed E-state index contributed by atoms with van der Waals surface area (Å²) in [6.45, 7) is 3.17. The lowest BCUT2D eigenvalue weighted by Crippen LogP contribution is -2.37. The van der Waals surface area contributed by atoms with Crippen LogP contribution in [-0.2, 0) is 6.18 Å². The Morgan fingerprint density at radius 1 is 1.27 bits per heavy atom. The molecular formula is C10H11F3N2. The van der Waals surface area contributed by atoms with Crippen molar-refractivity contribution in [3.05, 3.63) is 23.4 Å². The maximum Gasteiger partial charge on any atom is 0.418 e. The number of hydrogen-bond donors (Lipinski definition) is 0. The Kier molecular flexibility index (Phi) is 2.32. The van der Waals surface area contributed by atoms with Gasteiger partial charge >= 0.3 is 6.18 Å². The lowest BCUT2D eigenvalue weighted by Gasteiger charge is -2.32. The number of nitrogens with zero attached hydrogens (tertiary/aromatic N) is 2. The van der Waals surface area contributed by atoms with Crippen LogP contribution in [0, 0.1) is 6.92 Å². The average molecular weight is 216 g/mol. The van der Waals surface area contributed by atoms with Crippen LogP contribution in [0.4, 0.5) is 19.0 Å². The summed E-state index contributed by atoms with van der Waals surface area (Å²) in [6.07, 6.45) is -3.22. The molecule has 1 aromatic heterocycles. The van der Waals surface area contributed by atoms with Crippen molar-refractivity contribution in [1.29, 1.82) is 0 Å². The van der Waals surface area contributed by atoms with Gasteiger partial charge in [-0.3, -0.25) is 0 Å². The van der Waals surface area contributed by atoms with Crippen molar-refractivity contribution in [2.75, 3.05) is 18.0 Å². The number of aromatic nitrogens is 1. The van der Waals surface area contributed by atoms with E-state index in [0.717, 1.165) is 25.6 Å². The smallest absolute Gasteiger partial charge is 0.356 e. The molecule has 0 atom stereocenters. The molecule has 1 aromatic rings.